The summed E-state index contributed by atoms with van der Waals surface area (Å²) in [4.78, 5) is 32.9. The smallest absolute Gasteiger partial charge is 0.257 e. The molecule has 0 saturated carbocycles. The second-order valence-corrected chi connectivity index (χ2v) is 8.64. The van der Waals surface area contributed by atoms with Crippen LogP contribution in [-0.2, 0) is 0 Å². The molecule has 1 aromatic heterocycles. The van der Waals surface area contributed by atoms with Crippen LogP contribution in [0.3, 0.4) is 0 Å². The fourth-order valence-electron chi connectivity index (χ4n) is 3.60. The number of rotatable bonds is 5. The molecule has 8 heteroatoms. The highest BCUT2D eigenvalue weighted by molar-refractivity contribution is 6.37. The molecule has 6 nitrogen and oxygen atoms in total. The lowest BCUT2D eigenvalue weighted by atomic mass is 10.1. The van der Waals surface area contributed by atoms with Crippen LogP contribution >= 0.6 is 23.2 Å². The molecule has 0 bridgehead atoms. The van der Waals surface area contributed by atoms with Crippen molar-refractivity contribution >= 4 is 57.4 Å². The summed E-state index contributed by atoms with van der Waals surface area (Å²) in [7, 11) is 0. The Labute approximate surface area is 210 Å². The van der Waals surface area contributed by atoms with Crippen LogP contribution in [-0.4, -0.2) is 21.8 Å². The third kappa shape index (κ3) is 5.04. The van der Waals surface area contributed by atoms with E-state index in [2.05, 4.69) is 20.6 Å². The maximum absolute atomic E-state index is 12.5. The molecule has 0 aliphatic heterocycles. The summed E-state index contributed by atoms with van der Waals surface area (Å²) in [5.74, 6) is 0.167. The van der Waals surface area contributed by atoms with Gasteiger partial charge >= 0.3 is 0 Å². The first kappa shape index (κ1) is 22.7. The van der Waals surface area contributed by atoms with Crippen LogP contribution in [0.15, 0.2) is 91.0 Å². The molecule has 4 aromatic carbocycles. The summed E-state index contributed by atoms with van der Waals surface area (Å²) in [6.07, 6.45) is 0. The van der Waals surface area contributed by atoms with Crippen LogP contribution in [0.5, 0.6) is 0 Å². The minimum absolute atomic E-state index is 0.179. The number of aromatic nitrogens is 2. The van der Waals surface area contributed by atoms with E-state index < -0.39 is 0 Å². The van der Waals surface area contributed by atoms with E-state index in [4.69, 9.17) is 23.2 Å². The number of fused-ring (bicyclic) bond motifs is 1. The molecule has 5 aromatic rings. The van der Waals surface area contributed by atoms with Gasteiger partial charge in [0.25, 0.3) is 11.8 Å². The Morgan fingerprint density at radius 1 is 0.743 bits per heavy atom. The van der Waals surface area contributed by atoms with Crippen molar-refractivity contribution in [3.05, 3.63) is 112 Å². The van der Waals surface area contributed by atoms with Crippen molar-refractivity contribution in [1.82, 2.24) is 9.97 Å². The van der Waals surface area contributed by atoms with Gasteiger partial charge < -0.3 is 15.6 Å². The number of hydrogen-bond donors (Lipinski definition) is 3. The predicted molar refractivity (Wildman–Crippen MR) is 140 cm³/mol. The molecule has 35 heavy (non-hydrogen) atoms. The second-order valence-electron chi connectivity index (χ2n) is 7.79. The molecule has 2 amide bonds. The van der Waals surface area contributed by atoms with Crippen LogP contribution in [0.4, 0.5) is 11.4 Å². The fraction of sp³-hybridized carbons (Fsp3) is 0. The molecule has 1 heterocycles. The van der Waals surface area contributed by atoms with Crippen molar-refractivity contribution in [1.29, 1.82) is 0 Å². The van der Waals surface area contributed by atoms with Gasteiger partial charge in [-0.3, -0.25) is 9.59 Å². The number of benzene rings is 4. The summed E-state index contributed by atoms with van der Waals surface area (Å²) in [6, 6.07) is 26.6. The van der Waals surface area contributed by atoms with Crippen LogP contribution in [0.1, 0.15) is 20.7 Å². The molecule has 3 N–H and O–H groups in total. The van der Waals surface area contributed by atoms with E-state index in [1.807, 2.05) is 48.5 Å². The first-order valence-corrected chi connectivity index (χ1v) is 11.4. The van der Waals surface area contributed by atoms with Crippen molar-refractivity contribution in [2.24, 2.45) is 0 Å². The standard InChI is InChI=1S/C27H18Cl2N4O2/c28-18-8-12-21(22(29)14-18)27(35)30-19-9-6-16(7-10-19)25-32-23-13-11-20(15-24(23)33-25)31-26(34)17-4-2-1-3-5-17/h1-15H,(H,30,35)(H,31,34)(H,32,33). The van der Waals surface area contributed by atoms with Crippen LogP contribution in [0, 0.1) is 0 Å². The van der Waals surface area contributed by atoms with E-state index in [1.165, 1.54) is 6.07 Å². The highest BCUT2D eigenvalue weighted by atomic mass is 35.5. The van der Waals surface area contributed by atoms with Crippen molar-refractivity contribution in [3.63, 3.8) is 0 Å². The zero-order valence-electron chi connectivity index (χ0n) is 18.2. The van der Waals surface area contributed by atoms with Gasteiger partial charge in [0.05, 0.1) is 21.6 Å². The normalized spacial score (nSPS) is 10.8. The SMILES string of the molecule is O=C(Nc1ccc2nc(-c3ccc(NC(=O)c4ccc(Cl)cc4Cl)cc3)[nH]c2c1)c1ccccc1. The number of hydrogen-bond acceptors (Lipinski definition) is 3. The third-order valence-corrected chi connectivity index (χ3v) is 5.92. The first-order valence-electron chi connectivity index (χ1n) is 10.7. The number of nitrogens with zero attached hydrogens (tertiary/aromatic N) is 1. The highest BCUT2D eigenvalue weighted by Crippen LogP contribution is 2.26. The second kappa shape index (κ2) is 9.62. The maximum atomic E-state index is 12.5. The lowest BCUT2D eigenvalue weighted by Gasteiger charge is -2.07. The van der Waals surface area contributed by atoms with E-state index in [-0.39, 0.29) is 16.8 Å². The fourth-order valence-corrected chi connectivity index (χ4v) is 4.09. The largest absolute Gasteiger partial charge is 0.338 e. The molecule has 0 aliphatic carbocycles. The molecule has 5 rings (SSSR count). The Morgan fingerprint density at radius 2 is 1.46 bits per heavy atom. The predicted octanol–water partition coefficient (Wildman–Crippen LogP) is 7.04. The Balaban J connectivity index is 1.31. The Morgan fingerprint density at radius 3 is 2.20 bits per heavy atom. The number of nitrogens with one attached hydrogen (secondary N) is 3. The molecule has 0 radical (unpaired) electrons. The summed E-state index contributed by atoms with van der Waals surface area (Å²) < 4.78 is 0. The number of halogens is 2. The summed E-state index contributed by atoms with van der Waals surface area (Å²) in [5, 5.41) is 6.48. The molecule has 0 saturated heterocycles. The van der Waals surface area contributed by atoms with Crippen molar-refractivity contribution in [2.75, 3.05) is 10.6 Å². The number of carbonyl (C=O) groups is 2. The Hall–Kier alpha value is -4.13. The summed E-state index contributed by atoms with van der Waals surface area (Å²) in [6.45, 7) is 0. The highest BCUT2D eigenvalue weighted by Gasteiger charge is 2.12. The third-order valence-electron chi connectivity index (χ3n) is 5.37. The average Bonchev–Trinajstić information content (AvgIpc) is 3.28. The van der Waals surface area contributed by atoms with Crippen LogP contribution in [0.2, 0.25) is 10.0 Å². The Bertz CT molecular complexity index is 1550. The lowest BCUT2D eigenvalue weighted by Crippen LogP contribution is -2.12. The maximum Gasteiger partial charge on any atom is 0.257 e. The van der Waals surface area contributed by atoms with Crippen molar-refractivity contribution < 1.29 is 9.59 Å². The lowest BCUT2D eigenvalue weighted by molar-refractivity contribution is 0.101. The number of imidazole rings is 1. The van der Waals surface area contributed by atoms with Gasteiger partial charge in [-0.15, -0.1) is 0 Å². The zero-order valence-corrected chi connectivity index (χ0v) is 19.7. The first-order chi connectivity index (χ1) is 17.0. The number of aromatic amines is 1. The molecular formula is C27H18Cl2N4O2. The zero-order chi connectivity index (χ0) is 24.4. The van der Waals surface area contributed by atoms with Gasteiger partial charge in [0, 0.05) is 27.5 Å². The van der Waals surface area contributed by atoms with Crippen molar-refractivity contribution in [2.45, 2.75) is 0 Å². The molecular weight excluding hydrogens is 483 g/mol. The summed E-state index contributed by atoms with van der Waals surface area (Å²) >= 11 is 12.0. The number of H-pyrrole nitrogens is 1. The van der Waals surface area contributed by atoms with Gasteiger partial charge in [-0.1, -0.05) is 41.4 Å². The van der Waals surface area contributed by atoms with Gasteiger partial charge in [0.2, 0.25) is 0 Å². The van der Waals surface area contributed by atoms with Gasteiger partial charge in [-0.2, -0.15) is 0 Å². The Kier molecular flexibility index (Phi) is 6.23. The summed E-state index contributed by atoms with van der Waals surface area (Å²) in [5.41, 5.74) is 4.62. The van der Waals surface area contributed by atoms with Gasteiger partial charge in [-0.25, -0.2) is 4.98 Å². The minimum atomic E-state index is -0.326. The van der Waals surface area contributed by atoms with E-state index in [9.17, 15) is 9.59 Å². The van der Waals surface area contributed by atoms with E-state index in [0.29, 0.717) is 33.3 Å². The molecule has 0 atom stereocenters. The number of amides is 2. The van der Waals surface area contributed by atoms with Crippen molar-refractivity contribution in [3.8, 4) is 11.4 Å². The van der Waals surface area contributed by atoms with Crippen LogP contribution < -0.4 is 10.6 Å². The average molecular weight is 501 g/mol. The van der Waals surface area contributed by atoms with E-state index in [1.54, 1.807) is 36.4 Å². The van der Waals surface area contributed by atoms with E-state index in [0.717, 1.165) is 16.6 Å². The quantitative estimate of drug-likeness (QED) is 0.241. The number of carbonyl (C=O) groups excluding carboxylic acids is 2. The van der Waals surface area contributed by atoms with Gasteiger partial charge in [0.1, 0.15) is 5.82 Å². The minimum Gasteiger partial charge on any atom is -0.338 e. The number of anilines is 2. The van der Waals surface area contributed by atoms with E-state index >= 15 is 0 Å². The molecule has 0 fully saturated rings. The van der Waals surface area contributed by atoms with Gasteiger partial charge in [-0.05, 0) is 72.8 Å². The van der Waals surface area contributed by atoms with Crippen LogP contribution in [0.25, 0.3) is 22.4 Å². The molecule has 0 aliphatic rings. The topological polar surface area (TPSA) is 86.9 Å². The monoisotopic (exact) mass is 500 g/mol. The molecule has 0 spiro atoms. The molecule has 0 unspecified atom stereocenters. The van der Waals surface area contributed by atoms with Gasteiger partial charge in [0.15, 0.2) is 0 Å². The molecule has 172 valence electrons.